The number of rotatable bonds is 6. The van der Waals surface area contributed by atoms with Crippen LogP contribution in [0, 0.1) is 5.92 Å². The summed E-state index contributed by atoms with van der Waals surface area (Å²) in [6.07, 6.45) is 1.61. The van der Waals surface area contributed by atoms with Gasteiger partial charge in [0.25, 0.3) is 5.91 Å². The Bertz CT molecular complexity index is 413. The Hall–Kier alpha value is -1.62. The van der Waals surface area contributed by atoms with E-state index in [1.165, 1.54) is 11.3 Å². The highest BCUT2D eigenvalue weighted by molar-refractivity contribution is 7.12. The minimum Gasteiger partial charge on any atom is -0.351 e. The van der Waals surface area contributed by atoms with E-state index < -0.39 is 6.04 Å². The second kappa shape index (κ2) is 6.96. The molecule has 18 heavy (non-hydrogen) atoms. The van der Waals surface area contributed by atoms with Crippen molar-refractivity contribution >= 4 is 23.2 Å². The smallest absolute Gasteiger partial charge is 0.262 e. The van der Waals surface area contributed by atoms with E-state index in [0.717, 1.165) is 0 Å². The zero-order chi connectivity index (χ0) is 13.5. The number of hydrogen-bond acceptors (Lipinski definition) is 3. The summed E-state index contributed by atoms with van der Waals surface area (Å²) >= 11 is 1.35. The molecule has 2 amide bonds. The Balaban J connectivity index is 2.66. The van der Waals surface area contributed by atoms with Crippen LogP contribution in [-0.4, -0.2) is 24.4 Å². The van der Waals surface area contributed by atoms with Gasteiger partial charge in [-0.25, -0.2) is 0 Å². The van der Waals surface area contributed by atoms with Crippen molar-refractivity contribution in [3.8, 4) is 0 Å². The number of hydrogen-bond donors (Lipinski definition) is 2. The summed E-state index contributed by atoms with van der Waals surface area (Å²) in [6, 6.07) is 3.01. The van der Waals surface area contributed by atoms with Crippen molar-refractivity contribution in [2.75, 3.05) is 6.54 Å². The van der Waals surface area contributed by atoms with E-state index in [9.17, 15) is 9.59 Å². The molecule has 0 spiro atoms. The largest absolute Gasteiger partial charge is 0.351 e. The molecular weight excluding hydrogens is 248 g/mol. The summed E-state index contributed by atoms with van der Waals surface area (Å²) in [5.74, 6) is -0.369. The molecule has 0 aromatic carbocycles. The average molecular weight is 266 g/mol. The fourth-order valence-electron chi connectivity index (χ4n) is 1.44. The first-order valence-electron chi connectivity index (χ1n) is 5.79. The number of carbonyl (C=O) groups is 2. The lowest BCUT2D eigenvalue weighted by molar-refractivity contribution is -0.123. The van der Waals surface area contributed by atoms with Crippen LogP contribution < -0.4 is 10.6 Å². The van der Waals surface area contributed by atoms with Gasteiger partial charge in [0.05, 0.1) is 4.88 Å². The van der Waals surface area contributed by atoms with Gasteiger partial charge < -0.3 is 10.6 Å². The summed E-state index contributed by atoms with van der Waals surface area (Å²) < 4.78 is 0. The third-order valence-electron chi connectivity index (χ3n) is 2.40. The Labute approximate surface area is 111 Å². The molecule has 1 aromatic heterocycles. The summed E-state index contributed by atoms with van der Waals surface area (Å²) in [5.41, 5.74) is 0. The standard InChI is InChI=1S/C13H18N2O2S/c1-4-7-14-13(17)11(9(2)3)15-12(16)10-6-5-8-18-10/h4-6,8-9,11H,1,7H2,2-3H3,(H,14,17)(H,15,16)/t11-/m1/s1. The number of amides is 2. The van der Waals surface area contributed by atoms with Gasteiger partial charge in [0, 0.05) is 6.54 Å². The van der Waals surface area contributed by atoms with Crippen LogP contribution in [0.3, 0.4) is 0 Å². The Morgan fingerprint density at radius 3 is 2.72 bits per heavy atom. The normalized spacial score (nSPS) is 11.9. The Kier molecular flexibility index (Phi) is 5.58. The van der Waals surface area contributed by atoms with Crippen molar-refractivity contribution in [2.45, 2.75) is 19.9 Å². The summed E-state index contributed by atoms with van der Waals surface area (Å²) in [5, 5.41) is 7.28. The number of thiophene rings is 1. The topological polar surface area (TPSA) is 58.2 Å². The predicted octanol–water partition coefficient (Wildman–Crippen LogP) is 1.80. The first-order chi connectivity index (χ1) is 8.56. The lowest BCUT2D eigenvalue weighted by Gasteiger charge is -2.21. The molecule has 0 saturated heterocycles. The SMILES string of the molecule is C=CCNC(=O)[C@H](NC(=O)c1cccs1)C(C)C. The molecule has 0 saturated carbocycles. The van der Waals surface area contributed by atoms with Crippen LogP contribution in [-0.2, 0) is 4.79 Å². The summed E-state index contributed by atoms with van der Waals surface area (Å²) in [4.78, 5) is 24.4. The molecule has 1 atom stereocenters. The molecular formula is C13H18N2O2S. The van der Waals surface area contributed by atoms with Gasteiger partial charge in [-0.3, -0.25) is 9.59 Å². The minimum absolute atomic E-state index is 0.0266. The van der Waals surface area contributed by atoms with Crippen molar-refractivity contribution < 1.29 is 9.59 Å². The van der Waals surface area contributed by atoms with Gasteiger partial charge in [0.2, 0.25) is 5.91 Å². The lowest BCUT2D eigenvalue weighted by atomic mass is 10.0. The van der Waals surface area contributed by atoms with E-state index in [4.69, 9.17) is 0 Å². The second-order valence-corrected chi connectivity index (χ2v) is 5.15. The van der Waals surface area contributed by atoms with Crippen molar-refractivity contribution in [1.82, 2.24) is 10.6 Å². The quantitative estimate of drug-likeness (QED) is 0.771. The molecule has 1 rings (SSSR count). The third kappa shape index (κ3) is 4.00. The predicted molar refractivity (Wildman–Crippen MR) is 73.6 cm³/mol. The summed E-state index contributed by atoms with van der Waals surface area (Å²) in [6.45, 7) is 7.73. The molecule has 0 aliphatic heterocycles. The Morgan fingerprint density at radius 2 is 2.22 bits per heavy atom. The van der Waals surface area contributed by atoms with E-state index in [2.05, 4.69) is 17.2 Å². The van der Waals surface area contributed by atoms with E-state index in [1.807, 2.05) is 25.3 Å². The highest BCUT2D eigenvalue weighted by Gasteiger charge is 2.24. The van der Waals surface area contributed by atoms with E-state index >= 15 is 0 Å². The number of nitrogens with one attached hydrogen (secondary N) is 2. The van der Waals surface area contributed by atoms with Crippen LogP contribution in [0.2, 0.25) is 0 Å². The van der Waals surface area contributed by atoms with Gasteiger partial charge in [0.15, 0.2) is 0 Å². The van der Waals surface area contributed by atoms with E-state index in [-0.39, 0.29) is 17.7 Å². The minimum atomic E-state index is -0.528. The highest BCUT2D eigenvalue weighted by atomic mass is 32.1. The van der Waals surface area contributed by atoms with Crippen LogP contribution in [0.15, 0.2) is 30.2 Å². The van der Waals surface area contributed by atoms with Gasteiger partial charge in [0.1, 0.15) is 6.04 Å². The maximum absolute atomic E-state index is 11.9. The van der Waals surface area contributed by atoms with Gasteiger partial charge in [-0.1, -0.05) is 26.0 Å². The maximum atomic E-state index is 11.9. The van der Waals surface area contributed by atoms with Crippen LogP contribution in [0.1, 0.15) is 23.5 Å². The molecule has 2 N–H and O–H groups in total. The molecule has 0 aliphatic rings. The Morgan fingerprint density at radius 1 is 1.50 bits per heavy atom. The monoisotopic (exact) mass is 266 g/mol. The molecule has 4 nitrogen and oxygen atoms in total. The van der Waals surface area contributed by atoms with Crippen molar-refractivity contribution in [3.63, 3.8) is 0 Å². The highest BCUT2D eigenvalue weighted by Crippen LogP contribution is 2.10. The lowest BCUT2D eigenvalue weighted by Crippen LogP contribution is -2.49. The molecule has 1 aromatic rings. The molecule has 0 radical (unpaired) electrons. The molecule has 5 heteroatoms. The fourth-order valence-corrected chi connectivity index (χ4v) is 2.06. The van der Waals surface area contributed by atoms with Gasteiger partial charge in [-0.2, -0.15) is 0 Å². The van der Waals surface area contributed by atoms with Crippen LogP contribution in [0.5, 0.6) is 0 Å². The third-order valence-corrected chi connectivity index (χ3v) is 3.27. The van der Waals surface area contributed by atoms with Crippen molar-refractivity contribution in [3.05, 3.63) is 35.0 Å². The zero-order valence-corrected chi connectivity index (χ0v) is 11.4. The van der Waals surface area contributed by atoms with Gasteiger partial charge in [-0.05, 0) is 17.4 Å². The molecule has 0 unspecified atom stereocenters. The maximum Gasteiger partial charge on any atom is 0.262 e. The van der Waals surface area contributed by atoms with E-state index in [1.54, 1.807) is 12.1 Å². The zero-order valence-electron chi connectivity index (χ0n) is 10.6. The molecule has 98 valence electrons. The molecule has 0 fully saturated rings. The van der Waals surface area contributed by atoms with Crippen molar-refractivity contribution in [1.29, 1.82) is 0 Å². The van der Waals surface area contributed by atoms with Gasteiger partial charge in [-0.15, -0.1) is 17.9 Å². The van der Waals surface area contributed by atoms with Crippen LogP contribution in [0.4, 0.5) is 0 Å². The first kappa shape index (κ1) is 14.4. The fraction of sp³-hybridized carbons (Fsp3) is 0.385. The molecule has 1 heterocycles. The first-order valence-corrected chi connectivity index (χ1v) is 6.67. The second-order valence-electron chi connectivity index (χ2n) is 4.21. The molecule has 0 aliphatic carbocycles. The van der Waals surface area contributed by atoms with Crippen molar-refractivity contribution in [2.24, 2.45) is 5.92 Å². The summed E-state index contributed by atoms with van der Waals surface area (Å²) in [7, 11) is 0. The molecule has 0 bridgehead atoms. The average Bonchev–Trinajstić information content (AvgIpc) is 2.86. The van der Waals surface area contributed by atoms with Gasteiger partial charge >= 0.3 is 0 Å². The van der Waals surface area contributed by atoms with Crippen LogP contribution >= 0.6 is 11.3 Å². The van der Waals surface area contributed by atoms with Crippen LogP contribution in [0.25, 0.3) is 0 Å². The number of carbonyl (C=O) groups excluding carboxylic acids is 2. The van der Waals surface area contributed by atoms with E-state index in [0.29, 0.717) is 11.4 Å².